The van der Waals surface area contributed by atoms with Crippen molar-refractivity contribution in [2.24, 2.45) is 0 Å². The van der Waals surface area contributed by atoms with Crippen LogP contribution < -0.4 is 0 Å². The molecule has 0 aliphatic heterocycles. The minimum Gasteiger partial charge on any atom is -0.466 e. The maximum Gasteiger partial charge on any atom is 0.316 e. The Kier molecular flexibility index (Phi) is 10.6. The average molecular weight is 459 g/mol. The Hall–Kier alpha value is -1.09. The van der Waals surface area contributed by atoms with E-state index >= 15 is 0 Å². The van der Waals surface area contributed by atoms with E-state index in [4.69, 9.17) is 0 Å². The van der Waals surface area contributed by atoms with Crippen LogP contribution in [0.1, 0.15) is 59.8 Å². The zero-order valence-corrected chi connectivity index (χ0v) is 17.9. The van der Waals surface area contributed by atoms with Gasteiger partial charge >= 0.3 is 11.9 Å². The van der Waals surface area contributed by atoms with Crippen LogP contribution in [0.2, 0.25) is 0 Å². The molecule has 0 saturated heterocycles. The van der Waals surface area contributed by atoms with Crippen molar-refractivity contribution in [3.63, 3.8) is 0 Å². The predicted molar refractivity (Wildman–Crippen MR) is 99.1 cm³/mol. The van der Waals surface area contributed by atoms with Crippen LogP contribution in [0.15, 0.2) is 0 Å². The van der Waals surface area contributed by atoms with Crippen molar-refractivity contribution < 1.29 is 37.7 Å². The quantitative estimate of drug-likeness (QED) is 0.465. The van der Waals surface area contributed by atoms with Crippen LogP contribution in [0.4, 0.5) is 8.78 Å². The van der Waals surface area contributed by atoms with Gasteiger partial charge in [-0.3, -0.25) is 14.4 Å². The van der Waals surface area contributed by atoms with Gasteiger partial charge in [-0.2, -0.15) is 0 Å². The number of Topliss-reactive ketones (excluding diaryl/α,β-unsaturated/α-hetero) is 1. The van der Waals surface area contributed by atoms with Gasteiger partial charge in [0.25, 0.3) is 0 Å². The first kappa shape index (κ1) is 25.9. The van der Waals surface area contributed by atoms with Crippen molar-refractivity contribution in [2.75, 3.05) is 18.5 Å². The minimum atomic E-state index is -1.57. The van der Waals surface area contributed by atoms with Gasteiger partial charge in [0, 0.05) is 0 Å². The summed E-state index contributed by atoms with van der Waals surface area (Å²) >= 11 is 2.94. The van der Waals surface area contributed by atoms with E-state index < -0.39 is 22.9 Å². The molecule has 2 saturated carbocycles. The van der Waals surface area contributed by atoms with Crippen molar-refractivity contribution in [1.82, 2.24) is 0 Å². The third kappa shape index (κ3) is 9.60. The largest absolute Gasteiger partial charge is 0.466 e. The Morgan fingerprint density at radius 1 is 1.04 bits per heavy atom. The fourth-order valence-electron chi connectivity index (χ4n) is 1.96. The number of carbonyl (C=O) groups is 3. The molecule has 0 amide bonds. The van der Waals surface area contributed by atoms with Gasteiger partial charge in [-0.1, -0.05) is 15.9 Å². The Balaban J connectivity index is 0.000000410. The summed E-state index contributed by atoms with van der Waals surface area (Å²) in [5.41, 5.74) is -4.53. The van der Waals surface area contributed by atoms with E-state index in [1.54, 1.807) is 13.8 Å². The first-order valence-electron chi connectivity index (χ1n) is 8.86. The predicted octanol–water partition coefficient (Wildman–Crippen LogP) is 3.21. The zero-order chi connectivity index (χ0) is 21.3. The second-order valence-electron chi connectivity index (χ2n) is 6.68. The summed E-state index contributed by atoms with van der Waals surface area (Å²) in [4.78, 5) is 31.3. The number of ketones is 1. The second kappa shape index (κ2) is 11.0. The molecule has 0 bridgehead atoms. The minimum absolute atomic E-state index is 0.206. The number of halogens is 3. The van der Waals surface area contributed by atoms with Crippen molar-refractivity contribution in [2.45, 2.75) is 76.7 Å². The lowest BCUT2D eigenvalue weighted by Crippen LogP contribution is -2.40. The maximum atomic E-state index is 13.4. The number of carbonyl (C=O) groups excluding carboxylic acids is 3. The molecule has 2 aliphatic rings. The number of ether oxygens (including phenoxy) is 2. The summed E-state index contributed by atoms with van der Waals surface area (Å²) in [6.07, 6.45) is 1.29. The van der Waals surface area contributed by atoms with Gasteiger partial charge < -0.3 is 14.6 Å². The summed E-state index contributed by atoms with van der Waals surface area (Å²) in [7, 11) is 0. The lowest BCUT2D eigenvalue weighted by molar-refractivity contribution is -0.152. The fraction of sp³-hybridized carbons (Fsp3) is 0.833. The third-order valence-corrected chi connectivity index (χ3v) is 4.64. The highest BCUT2D eigenvalue weighted by Crippen LogP contribution is 2.50. The molecule has 0 aromatic rings. The first-order chi connectivity index (χ1) is 12.4. The highest BCUT2D eigenvalue weighted by Gasteiger charge is 2.58. The molecule has 1 unspecified atom stereocenters. The lowest BCUT2D eigenvalue weighted by atomic mass is 9.94. The molecule has 158 valence electrons. The van der Waals surface area contributed by atoms with Crippen LogP contribution in [0, 0.1) is 0 Å². The molecule has 0 aromatic carbocycles. The Morgan fingerprint density at radius 3 is 1.70 bits per heavy atom. The fourth-order valence-corrected chi connectivity index (χ4v) is 2.12. The molecule has 0 spiro atoms. The zero-order valence-electron chi connectivity index (χ0n) is 16.3. The van der Waals surface area contributed by atoms with Gasteiger partial charge in [0.15, 0.2) is 11.5 Å². The molecular weight excluding hydrogens is 430 g/mol. The van der Waals surface area contributed by atoms with Gasteiger partial charge in [0.2, 0.25) is 0 Å². The number of alkyl halides is 3. The van der Waals surface area contributed by atoms with Crippen molar-refractivity contribution in [1.29, 1.82) is 0 Å². The molecule has 1 N–H and O–H groups in total. The van der Waals surface area contributed by atoms with Crippen LogP contribution in [-0.4, -0.2) is 58.3 Å². The molecule has 0 heterocycles. The second-order valence-corrected chi connectivity index (χ2v) is 7.24. The highest BCUT2D eigenvalue weighted by atomic mass is 79.9. The molecular formula is C18H29BrF2O6. The van der Waals surface area contributed by atoms with Crippen LogP contribution in [-0.2, 0) is 23.9 Å². The summed E-state index contributed by atoms with van der Waals surface area (Å²) in [6.45, 7) is 6.82. The number of aliphatic hydroxyl groups is 1. The van der Waals surface area contributed by atoms with Gasteiger partial charge in [-0.05, 0) is 53.4 Å². The Morgan fingerprint density at radius 2 is 1.48 bits per heavy atom. The van der Waals surface area contributed by atoms with E-state index in [-0.39, 0.29) is 24.8 Å². The summed E-state index contributed by atoms with van der Waals surface area (Å²) in [5, 5.41) is 9.93. The van der Waals surface area contributed by atoms with E-state index in [0.717, 1.165) is 0 Å². The van der Waals surface area contributed by atoms with Gasteiger partial charge in [0.1, 0.15) is 16.6 Å². The first-order valence-corrected chi connectivity index (χ1v) is 9.98. The van der Waals surface area contributed by atoms with E-state index in [1.165, 1.54) is 13.8 Å². The number of hydrogen-bond donors (Lipinski definition) is 1. The standard InChI is InChI=1S/C9H15FO3.C5H7FO.C4H7BrO2/c1-3-13-7(11)6-8(2,12)9(10)4-5-9;1-4(7)5(6)2-3-5;1-2-7-4(6)3-5/h12H,3-6H2,1-2H3;2*2-3H2,1H3. The smallest absolute Gasteiger partial charge is 0.316 e. The number of rotatable bonds is 7. The number of hydrogen-bond acceptors (Lipinski definition) is 6. The van der Waals surface area contributed by atoms with Crippen molar-refractivity contribution in [3.05, 3.63) is 0 Å². The van der Waals surface area contributed by atoms with Gasteiger partial charge in [-0.15, -0.1) is 0 Å². The molecule has 27 heavy (non-hydrogen) atoms. The van der Waals surface area contributed by atoms with Crippen molar-refractivity contribution >= 4 is 33.7 Å². The highest BCUT2D eigenvalue weighted by molar-refractivity contribution is 9.09. The van der Waals surface area contributed by atoms with Crippen molar-refractivity contribution in [3.8, 4) is 0 Å². The monoisotopic (exact) mass is 458 g/mol. The van der Waals surface area contributed by atoms with Crippen LogP contribution in [0.25, 0.3) is 0 Å². The molecule has 0 aromatic heterocycles. The average Bonchev–Trinajstić information content (AvgIpc) is 3.48. The van der Waals surface area contributed by atoms with Crippen LogP contribution >= 0.6 is 15.9 Å². The maximum absolute atomic E-state index is 13.4. The Bertz CT molecular complexity index is 516. The topological polar surface area (TPSA) is 89.9 Å². The van der Waals surface area contributed by atoms with E-state index in [1.807, 2.05) is 0 Å². The molecule has 9 heteroatoms. The summed E-state index contributed by atoms with van der Waals surface area (Å²) in [6, 6.07) is 0. The molecule has 6 nitrogen and oxygen atoms in total. The normalized spacial score (nSPS) is 19.7. The molecule has 0 radical (unpaired) electrons. The van der Waals surface area contributed by atoms with Gasteiger partial charge in [-0.25, -0.2) is 8.78 Å². The number of esters is 2. The van der Waals surface area contributed by atoms with E-state index in [0.29, 0.717) is 37.6 Å². The van der Waals surface area contributed by atoms with Crippen LogP contribution in [0.3, 0.4) is 0 Å². The van der Waals surface area contributed by atoms with E-state index in [9.17, 15) is 28.3 Å². The molecule has 2 fully saturated rings. The Labute approximate surface area is 167 Å². The summed E-state index contributed by atoms with van der Waals surface area (Å²) in [5.74, 6) is -1.06. The molecule has 1 atom stereocenters. The molecule has 2 aliphatic carbocycles. The van der Waals surface area contributed by atoms with Crippen LogP contribution in [0.5, 0.6) is 0 Å². The molecule has 2 rings (SSSR count). The summed E-state index contributed by atoms with van der Waals surface area (Å²) < 4.78 is 34.8. The lowest BCUT2D eigenvalue weighted by Gasteiger charge is -2.25. The van der Waals surface area contributed by atoms with Gasteiger partial charge in [0.05, 0.1) is 19.6 Å². The SMILES string of the molecule is CC(=O)C1(F)CC1.CCOC(=O)CBr.CCOC(=O)CC(C)(O)C1(F)CC1. The third-order valence-electron chi connectivity index (χ3n) is 4.18. The van der Waals surface area contributed by atoms with E-state index in [2.05, 4.69) is 25.4 Å².